The predicted molar refractivity (Wildman–Crippen MR) is 128 cm³/mol. The first kappa shape index (κ1) is 23.4. The smallest absolute Gasteiger partial charge is 0.146 e. The maximum Gasteiger partial charge on any atom is 0.146 e. The van der Waals surface area contributed by atoms with Crippen LogP contribution >= 0.6 is 0 Å². The van der Waals surface area contributed by atoms with Gasteiger partial charge >= 0.3 is 0 Å². The summed E-state index contributed by atoms with van der Waals surface area (Å²) in [4.78, 5) is 8.76. The molecule has 9 heteroatoms. The first-order valence-electron chi connectivity index (χ1n) is 11.0. The summed E-state index contributed by atoms with van der Waals surface area (Å²) in [7, 11) is -1.31. The molecular weight excluding hydrogens is 443 g/mol. The van der Waals surface area contributed by atoms with Gasteiger partial charge in [0.25, 0.3) is 0 Å². The van der Waals surface area contributed by atoms with Crippen LogP contribution in [0, 0.1) is 18.7 Å². The first-order valence-corrected chi connectivity index (χ1v) is 12.5. The van der Waals surface area contributed by atoms with Crippen LogP contribution in [0.15, 0.2) is 41.0 Å². The van der Waals surface area contributed by atoms with Gasteiger partial charge in [-0.05, 0) is 68.9 Å². The molecule has 4 rings (SSSR count). The minimum absolute atomic E-state index is 0.0709. The lowest BCUT2D eigenvalue weighted by molar-refractivity contribution is 0.0507. The number of halogens is 1. The number of aromatic nitrogens is 2. The van der Waals surface area contributed by atoms with E-state index in [4.69, 9.17) is 9.47 Å². The number of nitrogens with zero attached hydrogens (tertiary/aromatic N) is 3. The number of anilines is 2. The minimum Gasteiger partial charge on any atom is -0.488 e. The lowest BCUT2D eigenvalue weighted by Crippen LogP contribution is -2.23. The van der Waals surface area contributed by atoms with Crippen LogP contribution in [-0.4, -0.2) is 35.5 Å². The fourth-order valence-electron chi connectivity index (χ4n) is 4.21. The predicted octanol–water partition coefficient (Wildman–Crippen LogP) is 5.81. The summed E-state index contributed by atoms with van der Waals surface area (Å²) in [5.41, 5.74) is 2.78. The van der Waals surface area contributed by atoms with Crippen LogP contribution in [0.2, 0.25) is 0 Å². The normalized spacial score (nSPS) is 16.6. The molecule has 33 heavy (non-hydrogen) atoms. The monoisotopic (exact) mass is 471 g/mol. The van der Waals surface area contributed by atoms with Crippen molar-refractivity contribution in [1.82, 2.24) is 9.97 Å². The molecule has 1 N–H and O–H groups in total. The van der Waals surface area contributed by atoms with Gasteiger partial charge in [0.15, 0.2) is 0 Å². The highest BCUT2D eigenvalue weighted by Gasteiger charge is 2.19. The molecule has 0 amide bonds. The van der Waals surface area contributed by atoms with Crippen LogP contribution in [0.4, 0.5) is 21.6 Å². The number of benzene rings is 2. The van der Waals surface area contributed by atoms with Crippen LogP contribution in [0.25, 0.3) is 10.9 Å². The maximum absolute atomic E-state index is 14.1. The van der Waals surface area contributed by atoms with Crippen LogP contribution in [0.5, 0.6) is 5.75 Å². The van der Waals surface area contributed by atoms with Gasteiger partial charge in [0.2, 0.25) is 0 Å². The van der Waals surface area contributed by atoms with Crippen molar-refractivity contribution in [3.63, 3.8) is 0 Å². The Kier molecular flexibility index (Phi) is 7.39. The van der Waals surface area contributed by atoms with Crippen molar-refractivity contribution >= 4 is 38.7 Å². The third-order valence-corrected chi connectivity index (χ3v) is 6.15. The molecule has 3 aromatic rings. The van der Waals surface area contributed by atoms with Gasteiger partial charge < -0.3 is 23.4 Å². The van der Waals surface area contributed by atoms with Gasteiger partial charge in [-0.3, -0.25) is 0 Å². The standard InChI is InChI=1S/C24H28FN4O3S/c1-15-10-19(29-33(3)30)13-21-23(15)24(27-14-26-21)28-20-5-4-18(25)12-22(20)32-16(2)11-17-6-8-31-9-7-17/h4-5,10,12-14,16-17H,6-9,11H2,1-3H3,(H,26,27,28)/q-1. The summed E-state index contributed by atoms with van der Waals surface area (Å²) in [6.07, 6.45) is 5.83. The quantitative estimate of drug-likeness (QED) is 0.438. The second-order valence-corrected chi connectivity index (χ2v) is 9.41. The van der Waals surface area contributed by atoms with Gasteiger partial charge in [0, 0.05) is 30.4 Å². The molecule has 2 heterocycles. The molecule has 1 saturated heterocycles. The zero-order chi connectivity index (χ0) is 23.4. The summed E-state index contributed by atoms with van der Waals surface area (Å²) in [6.45, 7) is 5.50. The molecule has 1 atom stereocenters. The Morgan fingerprint density at radius 2 is 2.06 bits per heavy atom. The Balaban J connectivity index is 1.61. The molecular formula is C24H28FN4O3S-. The number of aryl methyl sites for hydroxylation is 1. The molecule has 1 unspecified atom stereocenters. The van der Waals surface area contributed by atoms with Crippen LogP contribution in [-0.2, 0) is 19.5 Å². The van der Waals surface area contributed by atoms with Crippen LogP contribution < -0.4 is 10.1 Å². The van der Waals surface area contributed by atoms with E-state index < -0.39 is 10.6 Å². The van der Waals surface area contributed by atoms with Crippen molar-refractivity contribution < 1.29 is 18.1 Å². The third kappa shape index (κ3) is 5.97. The van der Waals surface area contributed by atoms with Crippen LogP contribution in [0.1, 0.15) is 31.7 Å². The molecule has 0 bridgehead atoms. The highest BCUT2D eigenvalue weighted by molar-refractivity contribution is 7.74. The van der Waals surface area contributed by atoms with E-state index in [1.54, 1.807) is 12.1 Å². The van der Waals surface area contributed by atoms with Crippen molar-refractivity contribution in [1.29, 1.82) is 0 Å². The molecule has 0 saturated carbocycles. The molecule has 2 aromatic carbocycles. The third-order valence-electron chi connectivity index (χ3n) is 5.68. The molecule has 7 nitrogen and oxygen atoms in total. The Hall–Kier alpha value is -2.78. The lowest BCUT2D eigenvalue weighted by Gasteiger charge is -2.26. The number of fused-ring (bicyclic) bond motifs is 1. The largest absolute Gasteiger partial charge is 0.488 e. The molecule has 1 fully saturated rings. The van der Waals surface area contributed by atoms with E-state index in [1.165, 1.54) is 24.7 Å². The van der Waals surface area contributed by atoms with Gasteiger partial charge in [0.1, 0.15) is 23.7 Å². The van der Waals surface area contributed by atoms with Gasteiger partial charge in [-0.25, -0.2) is 14.4 Å². The van der Waals surface area contributed by atoms with E-state index in [0.717, 1.165) is 43.4 Å². The summed E-state index contributed by atoms with van der Waals surface area (Å²) < 4.78 is 41.3. The highest BCUT2D eigenvalue weighted by Crippen LogP contribution is 2.34. The minimum atomic E-state index is -1.31. The number of nitrogens with one attached hydrogen (secondary N) is 1. The SMILES string of the molecule is Cc1cc(N=[S-](C)=O)cc2ncnc(Nc3ccc(F)cc3OC(C)CC3CCOCC3)c12. The summed E-state index contributed by atoms with van der Waals surface area (Å²) >= 11 is 0. The molecule has 0 aliphatic carbocycles. The van der Waals surface area contributed by atoms with Gasteiger partial charge in [-0.15, -0.1) is 6.26 Å². The second kappa shape index (κ2) is 10.4. The van der Waals surface area contributed by atoms with Crippen molar-refractivity contribution in [3.05, 3.63) is 48.0 Å². The van der Waals surface area contributed by atoms with E-state index >= 15 is 0 Å². The van der Waals surface area contributed by atoms with E-state index in [2.05, 4.69) is 19.6 Å². The number of hydrogen-bond acceptors (Lipinski definition) is 8. The molecule has 0 spiro atoms. The van der Waals surface area contributed by atoms with Crippen molar-refractivity contribution in [2.24, 2.45) is 10.3 Å². The summed E-state index contributed by atoms with van der Waals surface area (Å²) in [5, 5.41) is 4.11. The average molecular weight is 472 g/mol. The molecule has 1 aromatic heterocycles. The van der Waals surface area contributed by atoms with Gasteiger partial charge in [-0.1, -0.05) is 0 Å². The second-order valence-electron chi connectivity index (χ2n) is 8.38. The topological polar surface area (TPSA) is 85.7 Å². The zero-order valence-electron chi connectivity index (χ0n) is 19.0. The molecule has 0 radical (unpaired) electrons. The summed E-state index contributed by atoms with van der Waals surface area (Å²) in [6, 6.07) is 8.05. The van der Waals surface area contributed by atoms with Gasteiger partial charge in [0.05, 0.1) is 17.3 Å². The van der Waals surface area contributed by atoms with Crippen molar-refractivity contribution in [3.8, 4) is 5.75 Å². The Labute approximate surface area is 195 Å². The van der Waals surface area contributed by atoms with E-state index in [-0.39, 0.29) is 11.9 Å². The van der Waals surface area contributed by atoms with E-state index in [9.17, 15) is 8.60 Å². The van der Waals surface area contributed by atoms with Crippen molar-refractivity contribution in [2.75, 3.05) is 24.8 Å². The number of ether oxygens (including phenoxy) is 2. The number of rotatable bonds is 7. The first-order chi connectivity index (χ1) is 15.9. The van der Waals surface area contributed by atoms with Crippen LogP contribution in [0.3, 0.4) is 0 Å². The fourth-order valence-corrected chi connectivity index (χ4v) is 4.61. The molecule has 1 aliphatic rings. The zero-order valence-corrected chi connectivity index (χ0v) is 19.8. The van der Waals surface area contributed by atoms with E-state index in [1.807, 2.05) is 19.9 Å². The van der Waals surface area contributed by atoms with Crippen molar-refractivity contribution in [2.45, 2.75) is 39.2 Å². The summed E-state index contributed by atoms with van der Waals surface area (Å²) in [5.74, 6) is 1.20. The maximum atomic E-state index is 14.1. The fraction of sp³-hybridized carbons (Fsp3) is 0.417. The Morgan fingerprint density at radius 1 is 1.27 bits per heavy atom. The van der Waals surface area contributed by atoms with Gasteiger partial charge in [-0.2, -0.15) is 10.6 Å². The molecule has 1 aliphatic heterocycles. The van der Waals surface area contributed by atoms with E-state index in [0.29, 0.717) is 34.4 Å². The highest BCUT2D eigenvalue weighted by atomic mass is 32.2. The molecule has 176 valence electrons. The Morgan fingerprint density at radius 3 is 2.82 bits per heavy atom. The number of hydrogen-bond donors (Lipinski definition) is 1. The Bertz CT molecular complexity index is 1220. The average Bonchev–Trinajstić information content (AvgIpc) is 2.75. The lowest BCUT2D eigenvalue weighted by atomic mass is 9.94.